The van der Waals surface area contributed by atoms with Crippen LogP contribution >= 0.6 is 22.7 Å². The third-order valence-corrected chi connectivity index (χ3v) is 8.22. The average Bonchev–Trinajstić information content (AvgIpc) is 3.33. The van der Waals surface area contributed by atoms with Gasteiger partial charge in [0.2, 0.25) is 5.91 Å². The zero-order valence-corrected chi connectivity index (χ0v) is 19.5. The second-order valence-corrected chi connectivity index (χ2v) is 10.4. The number of hydrogen-bond donors (Lipinski definition) is 1. The monoisotopic (exact) mass is 457 g/mol. The molecule has 0 aliphatic carbocycles. The van der Waals surface area contributed by atoms with Crippen molar-refractivity contribution in [3.8, 4) is 10.6 Å². The number of ether oxygens (including phenoxy) is 1. The summed E-state index contributed by atoms with van der Waals surface area (Å²) in [5.41, 5.74) is 3.36. The molecule has 0 bridgehead atoms. The Bertz CT molecular complexity index is 1060. The van der Waals surface area contributed by atoms with Gasteiger partial charge in [-0.25, -0.2) is 4.98 Å². The van der Waals surface area contributed by atoms with Gasteiger partial charge in [-0.2, -0.15) is 0 Å². The number of carbonyl (C=O) groups is 1. The van der Waals surface area contributed by atoms with Crippen LogP contribution in [0.5, 0.6) is 0 Å². The van der Waals surface area contributed by atoms with Crippen molar-refractivity contribution in [2.24, 2.45) is 0 Å². The smallest absolute Gasteiger partial charge is 0.221 e. The summed E-state index contributed by atoms with van der Waals surface area (Å²) in [7, 11) is 0. The van der Waals surface area contributed by atoms with Crippen LogP contribution in [0.1, 0.15) is 24.3 Å². The molecule has 1 amide bonds. The maximum absolute atomic E-state index is 11.9. The molecule has 3 aromatic rings. The van der Waals surface area contributed by atoms with Gasteiger partial charge in [0.25, 0.3) is 0 Å². The van der Waals surface area contributed by atoms with Crippen molar-refractivity contribution in [2.75, 3.05) is 44.7 Å². The number of pyridine rings is 1. The Morgan fingerprint density at radius 3 is 2.90 bits per heavy atom. The lowest BCUT2D eigenvalue weighted by Gasteiger charge is -2.36. The summed E-state index contributed by atoms with van der Waals surface area (Å²) in [6, 6.07) is 2.48. The van der Waals surface area contributed by atoms with Crippen molar-refractivity contribution in [1.82, 2.24) is 19.8 Å². The van der Waals surface area contributed by atoms with Crippen molar-refractivity contribution < 1.29 is 9.53 Å². The second kappa shape index (κ2) is 8.91. The summed E-state index contributed by atoms with van der Waals surface area (Å²) in [6.07, 6.45) is 4.58. The number of hydrogen-bond acceptors (Lipinski definition) is 8. The number of carbonyl (C=O) groups excluding carboxylic acids is 1. The largest absolute Gasteiger partial charge is 0.379 e. The molecule has 1 unspecified atom stereocenters. The van der Waals surface area contributed by atoms with E-state index in [1.54, 1.807) is 42.0 Å². The van der Waals surface area contributed by atoms with E-state index in [1.165, 1.54) is 10.4 Å². The van der Waals surface area contributed by atoms with E-state index in [4.69, 9.17) is 9.72 Å². The molecule has 0 saturated carbocycles. The summed E-state index contributed by atoms with van der Waals surface area (Å²) >= 11 is 3.38. The van der Waals surface area contributed by atoms with Gasteiger partial charge in [-0.3, -0.25) is 19.6 Å². The maximum atomic E-state index is 11.9. The van der Waals surface area contributed by atoms with Gasteiger partial charge in [-0.15, -0.1) is 22.7 Å². The van der Waals surface area contributed by atoms with Crippen LogP contribution in [-0.2, 0) is 22.5 Å². The van der Waals surface area contributed by atoms with Crippen LogP contribution in [0.2, 0.25) is 0 Å². The Balaban J connectivity index is 1.42. The molecule has 1 saturated heterocycles. The molecular weight excluding hydrogens is 430 g/mol. The molecule has 5 heterocycles. The molecule has 0 aromatic carbocycles. The number of nitrogens with zero attached hydrogens (tertiary/aromatic N) is 4. The molecule has 2 aliphatic heterocycles. The Kier molecular flexibility index (Phi) is 6.03. The third-order valence-electron chi connectivity index (χ3n) is 6.03. The van der Waals surface area contributed by atoms with E-state index in [1.807, 2.05) is 6.07 Å². The molecule has 3 aromatic heterocycles. The Hall–Kier alpha value is -1.91. The quantitative estimate of drug-likeness (QED) is 0.633. The Morgan fingerprint density at radius 2 is 2.13 bits per heavy atom. The topological polar surface area (TPSA) is 70.6 Å². The van der Waals surface area contributed by atoms with Gasteiger partial charge < -0.3 is 10.1 Å². The van der Waals surface area contributed by atoms with Gasteiger partial charge in [0.1, 0.15) is 15.5 Å². The molecule has 31 heavy (non-hydrogen) atoms. The van der Waals surface area contributed by atoms with Gasteiger partial charge in [0.15, 0.2) is 0 Å². The van der Waals surface area contributed by atoms with Crippen molar-refractivity contribution in [3.63, 3.8) is 0 Å². The fraction of sp³-hybridized carbons (Fsp3) is 0.500. The average molecular weight is 458 g/mol. The summed E-state index contributed by atoms with van der Waals surface area (Å²) < 4.78 is 6.61. The zero-order valence-electron chi connectivity index (χ0n) is 17.9. The number of rotatable bonds is 5. The molecule has 1 atom stereocenters. The van der Waals surface area contributed by atoms with Gasteiger partial charge in [0.05, 0.1) is 24.1 Å². The number of fused-ring (bicyclic) bond motifs is 2. The van der Waals surface area contributed by atoms with Crippen molar-refractivity contribution >= 4 is 43.8 Å². The predicted octanol–water partition coefficient (Wildman–Crippen LogP) is 3.46. The highest BCUT2D eigenvalue weighted by atomic mass is 32.1. The second-order valence-electron chi connectivity index (χ2n) is 8.23. The van der Waals surface area contributed by atoms with E-state index in [0.717, 1.165) is 78.1 Å². The fourth-order valence-corrected chi connectivity index (χ4v) is 6.83. The minimum absolute atomic E-state index is 0.0415. The maximum Gasteiger partial charge on any atom is 0.221 e. The van der Waals surface area contributed by atoms with E-state index in [2.05, 4.69) is 27.0 Å². The number of morpholine rings is 1. The van der Waals surface area contributed by atoms with Gasteiger partial charge in [-0.05, 0) is 25.0 Å². The number of anilines is 1. The van der Waals surface area contributed by atoms with E-state index in [0.29, 0.717) is 6.04 Å². The molecular formula is C22H27N5O2S2. The molecule has 1 fully saturated rings. The summed E-state index contributed by atoms with van der Waals surface area (Å²) in [5, 5.41) is 4.97. The first kappa shape index (κ1) is 21.0. The Labute approximate surface area is 190 Å². The Morgan fingerprint density at radius 1 is 1.29 bits per heavy atom. The molecule has 9 heteroatoms. The van der Waals surface area contributed by atoms with E-state index in [9.17, 15) is 4.79 Å². The highest BCUT2D eigenvalue weighted by Crippen LogP contribution is 2.45. The number of thiophene rings is 1. The fourth-order valence-electron chi connectivity index (χ4n) is 4.43. The number of thiazole rings is 1. The van der Waals surface area contributed by atoms with Crippen molar-refractivity contribution in [1.29, 1.82) is 0 Å². The van der Waals surface area contributed by atoms with E-state index in [-0.39, 0.29) is 5.91 Å². The number of amides is 1. The van der Waals surface area contributed by atoms with Crippen LogP contribution in [0.4, 0.5) is 5.00 Å². The molecule has 1 N–H and O–H groups in total. The molecule has 2 aliphatic rings. The lowest BCUT2D eigenvalue weighted by atomic mass is 10.0. The first-order valence-corrected chi connectivity index (χ1v) is 12.4. The normalized spacial score (nSPS) is 18.8. The minimum atomic E-state index is -0.0415. The van der Waals surface area contributed by atoms with Crippen LogP contribution in [0.3, 0.4) is 0 Å². The van der Waals surface area contributed by atoms with Crippen LogP contribution in [0.15, 0.2) is 18.5 Å². The van der Waals surface area contributed by atoms with Crippen molar-refractivity contribution in [2.45, 2.75) is 32.9 Å². The van der Waals surface area contributed by atoms with Crippen LogP contribution in [0, 0.1) is 0 Å². The summed E-state index contributed by atoms with van der Waals surface area (Å²) in [4.78, 5) is 27.4. The first-order chi connectivity index (χ1) is 15.1. The molecule has 0 spiro atoms. The predicted molar refractivity (Wildman–Crippen MR) is 126 cm³/mol. The SMILES string of the molecule is CC(=O)Nc1sc2c(c1-c1nc3cnccc3s1)CCN(C(C)CN1CCOCC1)C2. The van der Waals surface area contributed by atoms with Crippen molar-refractivity contribution in [3.05, 3.63) is 28.9 Å². The highest BCUT2D eigenvalue weighted by molar-refractivity contribution is 7.22. The van der Waals surface area contributed by atoms with Gasteiger partial charge >= 0.3 is 0 Å². The molecule has 0 radical (unpaired) electrons. The summed E-state index contributed by atoms with van der Waals surface area (Å²) in [6.45, 7) is 10.6. The van der Waals surface area contributed by atoms with E-state index < -0.39 is 0 Å². The molecule has 5 rings (SSSR count). The van der Waals surface area contributed by atoms with Crippen LogP contribution in [0.25, 0.3) is 20.8 Å². The standard InChI is InChI=1S/C22H27N5O2S2/c1-14(12-26-7-9-29-10-8-26)27-6-4-16-19(13-27)31-21(24-15(2)28)20(16)22-25-17-11-23-5-3-18(17)30-22/h3,5,11,14H,4,6-10,12-13H2,1-2H3,(H,24,28). The van der Waals surface area contributed by atoms with Gasteiger partial charge in [0, 0.05) is 62.3 Å². The van der Waals surface area contributed by atoms with Crippen LogP contribution < -0.4 is 5.32 Å². The number of nitrogens with one attached hydrogen (secondary N) is 1. The summed E-state index contributed by atoms with van der Waals surface area (Å²) in [5.74, 6) is -0.0415. The van der Waals surface area contributed by atoms with Crippen LogP contribution in [-0.4, -0.2) is 71.1 Å². The lowest BCUT2D eigenvalue weighted by molar-refractivity contribution is -0.114. The zero-order chi connectivity index (χ0) is 21.4. The first-order valence-electron chi connectivity index (χ1n) is 10.8. The molecule has 7 nitrogen and oxygen atoms in total. The minimum Gasteiger partial charge on any atom is -0.379 e. The number of aromatic nitrogens is 2. The van der Waals surface area contributed by atoms with E-state index >= 15 is 0 Å². The highest BCUT2D eigenvalue weighted by Gasteiger charge is 2.29. The van der Waals surface area contributed by atoms with Gasteiger partial charge in [-0.1, -0.05) is 0 Å². The lowest BCUT2D eigenvalue weighted by Crippen LogP contribution is -2.47. The molecule has 164 valence electrons. The third kappa shape index (κ3) is 4.38.